The van der Waals surface area contributed by atoms with E-state index in [1.807, 2.05) is 32.9 Å². The average molecular weight is 358 g/mol. The van der Waals surface area contributed by atoms with Crippen LogP contribution in [0.4, 0.5) is 16.2 Å². The Morgan fingerprint density at radius 3 is 2.50 bits per heavy atom. The zero-order chi connectivity index (χ0) is 19.3. The summed E-state index contributed by atoms with van der Waals surface area (Å²) < 4.78 is 0. The van der Waals surface area contributed by atoms with Crippen LogP contribution >= 0.6 is 0 Å². The number of urea groups is 1. The second-order valence-corrected chi connectivity index (χ2v) is 6.78. The fourth-order valence-electron chi connectivity index (χ4n) is 2.39. The predicted molar refractivity (Wildman–Crippen MR) is 101 cm³/mol. The molecule has 1 unspecified atom stereocenters. The van der Waals surface area contributed by atoms with Gasteiger partial charge in [-0.1, -0.05) is 19.9 Å². The summed E-state index contributed by atoms with van der Waals surface area (Å²) in [5, 5.41) is 15.2. The molecule has 3 amide bonds. The van der Waals surface area contributed by atoms with E-state index in [9.17, 15) is 9.59 Å². The lowest BCUT2D eigenvalue weighted by Gasteiger charge is -2.15. The minimum absolute atomic E-state index is 0.0483. The van der Waals surface area contributed by atoms with Gasteiger partial charge in [0.25, 0.3) is 0 Å². The highest BCUT2D eigenvalue weighted by Crippen LogP contribution is 2.21. The Hall–Kier alpha value is -2.90. The van der Waals surface area contributed by atoms with Gasteiger partial charge >= 0.3 is 6.03 Å². The number of H-pyrrole nitrogens is 1. The summed E-state index contributed by atoms with van der Waals surface area (Å²) in [4.78, 5) is 28.4. The third kappa shape index (κ3) is 5.58. The molecule has 1 aromatic carbocycles. The number of hydrogen-bond acceptors (Lipinski definition) is 4. The van der Waals surface area contributed by atoms with Crippen molar-refractivity contribution in [3.8, 4) is 0 Å². The number of nitrogens with zero attached hydrogens (tertiary/aromatic N) is 2. The molecule has 8 heteroatoms. The Morgan fingerprint density at radius 2 is 1.88 bits per heavy atom. The third-order valence-corrected chi connectivity index (χ3v) is 3.71. The molecule has 0 aliphatic rings. The number of aromatic nitrogens is 3. The van der Waals surface area contributed by atoms with E-state index in [4.69, 9.17) is 0 Å². The summed E-state index contributed by atoms with van der Waals surface area (Å²) in [6.07, 6.45) is 0.449. The lowest BCUT2D eigenvalue weighted by Crippen LogP contribution is -2.32. The molecule has 2 aromatic rings. The zero-order valence-electron chi connectivity index (χ0n) is 15.8. The van der Waals surface area contributed by atoms with Gasteiger partial charge in [-0.05, 0) is 44.4 Å². The van der Waals surface area contributed by atoms with Crippen molar-refractivity contribution < 1.29 is 9.59 Å². The van der Waals surface area contributed by atoms with Crippen LogP contribution in [-0.4, -0.2) is 27.1 Å². The van der Waals surface area contributed by atoms with Gasteiger partial charge in [-0.15, -0.1) is 0 Å². The number of hydrogen-bond donors (Lipinski definition) is 4. The van der Waals surface area contributed by atoms with Gasteiger partial charge in [-0.25, -0.2) is 9.78 Å². The van der Waals surface area contributed by atoms with E-state index in [0.717, 1.165) is 5.56 Å². The molecule has 0 aliphatic carbocycles. The van der Waals surface area contributed by atoms with Gasteiger partial charge in [0.05, 0.1) is 6.04 Å². The number of aromatic amines is 1. The first-order valence-electron chi connectivity index (χ1n) is 8.61. The fourth-order valence-corrected chi connectivity index (χ4v) is 2.39. The van der Waals surface area contributed by atoms with Gasteiger partial charge in [0.2, 0.25) is 5.91 Å². The molecule has 0 bridgehead atoms. The Morgan fingerprint density at radius 1 is 1.15 bits per heavy atom. The highest BCUT2D eigenvalue weighted by molar-refractivity contribution is 5.94. The quantitative estimate of drug-likeness (QED) is 0.635. The molecule has 1 aromatic heterocycles. The molecule has 0 spiro atoms. The van der Waals surface area contributed by atoms with Crippen LogP contribution in [0.25, 0.3) is 0 Å². The molecule has 0 saturated carbocycles. The topological polar surface area (TPSA) is 112 Å². The van der Waals surface area contributed by atoms with Gasteiger partial charge in [-0.3, -0.25) is 9.89 Å². The van der Waals surface area contributed by atoms with E-state index in [-0.39, 0.29) is 23.9 Å². The highest BCUT2D eigenvalue weighted by Gasteiger charge is 2.14. The number of carbonyl (C=O) groups is 2. The van der Waals surface area contributed by atoms with E-state index in [0.29, 0.717) is 29.4 Å². The number of rotatable bonds is 6. The van der Waals surface area contributed by atoms with Crippen LogP contribution < -0.4 is 16.0 Å². The van der Waals surface area contributed by atoms with Crippen LogP contribution in [0.1, 0.15) is 50.4 Å². The largest absolute Gasteiger partial charge is 0.328 e. The number of anilines is 2. The predicted octanol–water partition coefficient (Wildman–Crippen LogP) is 3.29. The van der Waals surface area contributed by atoms with Gasteiger partial charge in [0.15, 0.2) is 5.82 Å². The summed E-state index contributed by atoms with van der Waals surface area (Å²) in [5.74, 6) is 1.44. The normalized spacial score (nSPS) is 11.9. The summed E-state index contributed by atoms with van der Waals surface area (Å²) >= 11 is 0. The standard InChI is InChI=1S/C18H26N6O2/c1-10(2)8-16(25)21-14-7-6-11(3)15(9-14)22-18(26)19-12(4)17-20-13(5)23-24-17/h6-7,9-10,12H,8H2,1-5H3,(H,21,25)(H2,19,22,26)(H,20,23,24). The summed E-state index contributed by atoms with van der Waals surface area (Å²) in [6.45, 7) is 9.46. The first-order chi connectivity index (χ1) is 12.2. The Bertz CT molecular complexity index is 784. The van der Waals surface area contributed by atoms with Crippen LogP contribution in [0.5, 0.6) is 0 Å². The summed E-state index contributed by atoms with van der Waals surface area (Å²) in [5.41, 5.74) is 2.17. The second kappa shape index (κ2) is 8.46. The monoisotopic (exact) mass is 358 g/mol. The molecule has 0 radical (unpaired) electrons. The third-order valence-electron chi connectivity index (χ3n) is 3.71. The highest BCUT2D eigenvalue weighted by atomic mass is 16.2. The molecule has 8 nitrogen and oxygen atoms in total. The number of amides is 3. The maximum Gasteiger partial charge on any atom is 0.319 e. The molecule has 0 aliphatic heterocycles. The number of carbonyl (C=O) groups excluding carboxylic acids is 2. The molecule has 26 heavy (non-hydrogen) atoms. The van der Waals surface area contributed by atoms with Crippen LogP contribution in [0, 0.1) is 19.8 Å². The van der Waals surface area contributed by atoms with Crippen molar-refractivity contribution in [1.29, 1.82) is 0 Å². The van der Waals surface area contributed by atoms with Crippen LogP contribution in [0.3, 0.4) is 0 Å². The summed E-state index contributed by atoms with van der Waals surface area (Å²) in [6, 6.07) is 4.70. The molecule has 0 saturated heterocycles. The van der Waals surface area contributed by atoms with Crippen molar-refractivity contribution in [2.45, 2.75) is 47.1 Å². The molecule has 4 N–H and O–H groups in total. The van der Waals surface area contributed by atoms with E-state index in [2.05, 4.69) is 31.1 Å². The molecular formula is C18H26N6O2. The van der Waals surface area contributed by atoms with E-state index in [1.165, 1.54) is 0 Å². The lowest BCUT2D eigenvalue weighted by atomic mass is 10.1. The summed E-state index contributed by atoms with van der Waals surface area (Å²) in [7, 11) is 0. The van der Waals surface area contributed by atoms with Crippen LogP contribution in [-0.2, 0) is 4.79 Å². The Labute approximate surface area is 153 Å². The molecular weight excluding hydrogens is 332 g/mol. The smallest absolute Gasteiger partial charge is 0.319 e. The first-order valence-corrected chi connectivity index (χ1v) is 8.61. The van der Waals surface area contributed by atoms with Crippen LogP contribution in [0.2, 0.25) is 0 Å². The van der Waals surface area contributed by atoms with Crippen molar-refractivity contribution in [2.75, 3.05) is 10.6 Å². The molecule has 1 heterocycles. The molecule has 1 atom stereocenters. The van der Waals surface area contributed by atoms with Crippen molar-refractivity contribution >= 4 is 23.3 Å². The van der Waals surface area contributed by atoms with E-state index >= 15 is 0 Å². The van der Waals surface area contributed by atoms with Crippen molar-refractivity contribution in [3.63, 3.8) is 0 Å². The van der Waals surface area contributed by atoms with Crippen molar-refractivity contribution in [1.82, 2.24) is 20.5 Å². The number of benzene rings is 1. The molecule has 2 rings (SSSR count). The zero-order valence-corrected chi connectivity index (χ0v) is 15.8. The lowest BCUT2D eigenvalue weighted by molar-refractivity contribution is -0.116. The van der Waals surface area contributed by atoms with Crippen LogP contribution in [0.15, 0.2) is 18.2 Å². The van der Waals surface area contributed by atoms with Crippen molar-refractivity contribution in [3.05, 3.63) is 35.4 Å². The maximum absolute atomic E-state index is 12.3. The Kier molecular flexibility index (Phi) is 6.32. The SMILES string of the molecule is Cc1nc(C(C)NC(=O)Nc2cc(NC(=O)CC(C)C)ccc2C)n[nH]1. The van der Waals surface area contributed by atoms with Gasteiger partial charge in [-0.2, -0.15) is 5.10 Å². The van der Waals surface area contributed by atoms with Gasteiger partial charge < -0.3 is 16.0 Å². The minimum atomic E-state index is -0.367. The number of nitrogens with one attached hydrogen (secondary N) is 4. The van der Waals surface area contributed by atoms with Crippen molar-refractivity contribution in [2.24, 2.45) is 5.92 Å². The van der Waals surface area contributed by atoms with Gasteiger partial charge in [0, 0.05) is 17.8 Å². The van der Waals surface area contributed by atoms with Gasteiger partial charge in [0.1, 0.15) is 5.82 Å². The molecule has 140 valence electrons. The maximum atomic E-state index is 12.3. The van der Waals surface area contributed by atoms with E-state index in [1.54, 1.807) is 19.9 Å². The number of aryl methyl sites for hydroxylation is 2. The molecule has 0 fully saturated rings. The second-order valence-electron chi connectivity index (χ2n) is 6.78. The average Bonchev–Trinajstić information content (AvgIpc) is 2.96. The Balaban J connectivity index is 2.00. The minimum Gasteiger partial charge on any atom is -0.328 e. The fraction of sp³-hybridized carbons (Fsp3) is 0.444. The first kappa shape index (κ1) is 19.4. The van der Waals surface area contributed by atoms with E-state index < -0.39 is 0 Å².